The van der Waals surface area contributed by atoms with Crippen LogP contribution in [0.2, 0.25) is 0 Å². The molecule has 11 heteroatoms. The average molecular weight is 758 g/mol. The molecule has 304 valence electrons. The summed E-state index contributed by atoms with van der Waals surface area (Å²) in [5.74, 6) is -1.78. The second kappa shape index (κ2) is 37.5. The van der Waals surface area contributed by atoms with Gasteiger partial charge in [-0.2, -0.15) is 0 Å². The zero-order valence-corrected chi connectivity index (χ0v) is 33.8. The molecule has 0 spiro atoms. The van der Waals surface area contributed by atoms with E-state index < -0.39 is 45.1 Å². The summed E-state index contributed by atoms with van der Waals surface area (Å²) in [5, 5.41) is 8.88. The first-order valence-electron chi connectivity index (χ1n) is 20.5. The van der Waals surface area contributed by atoms with Crippen LogP contribution in [-0.2, 0) is 32.7 Å². The molecule has 0 radical (unpaired) electrons. The van der Waals surface area contributed by atoms with Gasteiger partial charge in [0.2, 0.25) is 0 Å². The molecule has 52 heavy (non-hydrogen) atoms. The largest absolute Gasteiger partial charge is 0.480 e. The molecule has 0 saturated carbocycles. The number of hydrogen-bond acceptors (Lipinski definition) is 8. The Balaban J connectivity index is 4.28. The number of phosphoric ester groups is 1. The third kappa shape index (κ3) is 36.5. The summed E-state index contributed by atoms with van der Waals surface area (Å²) in [4.78, 5) is 33.5. The molecule has 0 aromatic heterocycles. The Morgan fingerprint density at radius 3 is 1.67 bits per heavy atom. The van der Waals surface area contributed by atoms with Crippen LogP contribution in [0.4, 0.5) is 0 Å². The second-order valence-electron chi connectivity index (χ2n) is 13.7. The van der Waals surface area contributed by atoms with Crippen LogP contribution in [0.25, 0.3) is 0 Å². The number of carbonyl (C=O) groups is 2. The predicted octanol–water partition coefficient (Wildman–Crippen LogP) is 10.9. The fourth-order valence-electron chi connectivity index (χ4n) is 5.50. The molecule has 10 nitrogen and oxygen atoms in total. The molecule has 0 aliphatic heterocycles. The lowest BCUT2D eigenvalue weighted by molar-refractivity contribution is -0.154. The predicted molar refractivity (Wildman–Crippen MR) is 212 cm³/mol. The van der Waals surface area contributed by atoms with Gasteiger partial charge in [-0.15, -0.1) is 0 Å². The number of aliphatic carboxylic acids is 1. The average Bonchev–Trinajstić information content (AvgIpc) is 3.12. The zero-order chi connectivity index (χ0) is 38.4. The van der Waals surface area contributed by atoms with Crippen molar-refractivity contribution in [3.63, 3.8) is 0 Å². The first kappa shape index (κ1) is 50.2. The van der Waals surface area contributed by atoms with Crippen molar-refractivity contribution in [1.82, 2.24) is 0 Å². The number of phosphoric acid groups is 1. The quantitative estimate of drug-likeness (QED) is 0.0239. The van der Waals surface area contributed by atoms with E-state index >= 15 is 0 Å². The highest BCUT2D eigenvalue weighted by atomic mass is 31.2. The van der Waals surface area contributed by atoms with E-state index in [-0.39, 0.29) is 13.0 Å². The lowest BCUT2D eigenvalue weighted by Crippen LogP contribution is -2.34. The summed E-state index contributed by atoms with van der Waals surface area (Å²) in [6.45, 7) is 3.74. The third-order valence-electron chi connectivity index (χ3n) is 8.68. The van der Waals surface area contributed by atoms with Crippen LogP contribution >= 0.6 is 7.82 Å². The number of carboxylic acids is 1. The van der Waals surface area contributed by atoms with Gasteiger partial charge in [0, 0.05) is 13.0 Å². The summed E-state index contributed by atoms with van der Waals surface area (Å²) in [6.07, 6.45) is 40.5. The molecule has 0 bridgehead atoms. The fraction of sp³-hybridized carbons (Fsp3) is 0.805. The number of carbonyl (C=O) groups excluding carboxylic acids is 1. The van der Waals surface area contributed by atoms with E-state index in [9.17, 15) is 19.0 Å². The highest BCUT2D eigenvalue weighted by molar-refractivity contribution is 7.47. The van der Waals surface area contributed by atoms with Gasteiger partial charge in [-0.3, -0.25) is 18.6 Å². The minimum atomic E-state index is -4.61. The van der Waals surface area contributed by atoms with Crippen molar-refractivity contribution in [2.24, 2.45) is 5.73 Å². The van der Waals surface area contributed by atoms with Crippen molar-refractivity contribution in [3.8, 4) is 0 Å². The van der Waals surface area contributed by atoms with E-state index in [1.165, 1.54) is 89.9 Å². The number of esters is 1. The van der Waals surface area contributed by atoms with Gasteiger partial charge in [0.15, 0.2) is 0 Å². The third-order valence-corrected chi connectivity index (χ3v) is 9.63. The molecule has 0 aromatic carbocycles. The summed E-state index contributed by atoms with van der Waals surface area (Å²) in [7, 11) is -4.61. The van der Waals surface area contributed by atoms with Gasteiger partial charge in [0.05, 0.1) is 19.8 Å². The number of hydrogen-bond donors (Lipinski definition) is 3. The molecule has 3 unspecified atom stereocenters. The molecule has 0 aliphatic carbocycles. The minimum Gasteiger partial charge on any atom is -0.480 e. The van der Waals surface area contributed by atoms with Crippen LogP contribution in [0.1, 0.15) is 174 Å². The summed E-state index contributed by atoms with van der Waals surface area (Å²) >= 11 is 0. The van der Waals surface area contributed by atoms with Gasteiger partial charge in [-0.1, -0.05) is 159 Å². The van der Waals surface area contributed by atoms with Gasteiger partial charge in [0.25, 0.3) is 0 Å². The van der Waals surface area contributed by atoms with Gasteiger partial charge >= 0.3 is 19.8 Å². The molecule has 0 amide bonds. The second-order valence-corrected chi connectivity index (χ2v) is 15.2. The number of rotatable bonds is 39. The number of carboxylic acid groups (broad SMARTS) is 1. The Kier molecular flexibility index (Phi) is 36.2. The standard InChI is InChI=1S/C41H76NO9P/c1-3-5-7-9-11-13-15-17-19-20-22-24-26-28-30-32-34-48-35-38(36-49-52(46,47)50-37-39(42)41(44)45)51-40(43)33-31-29-27-25-23-21-18-16-14-12-10-8-6-4-2/h5,7,11,13,17,19,38-39H,3-4,6,8-10,12,14-16,18,20-37,42H2,1-2H3,(H,44,45)(H,46,47)/b7-5-,13-11-,19-17-. The van der Waals surface area contributed by atoms with Crippen LogP contribution in [0, 0.1) is 0 Å². The maximum Gasteiger partial charge on any atom is 0.472 e. The van der Waals surface area contributed by atoms with Crippen LogP contribution < -0.4 is 5.73 Å². The molecule has 3 atom stereocenters. The highest BCUT2D eigenvalue weighted by Crippen LogP contribution is 2.43. The lowest BCUT2D eigenvalue weighted by atomic mass is 10.0. The van der Waals surface area contributed by atoms with Crippen molar-refractivity contribution in [2.75, 3.05) is 26.4 Å². The summed E-state index contributed by atoms with van der Waals surface area (Å²) in [5.41, 5.74) is 5.34. The molecule has 0 aromatic rings. The molecule has 0 rings (SSSR count). The molecular formula is C41H76NO9P. The Morgan fingerprint density at radius 2 is 1.12 bits per heavy atom. The van der Waals surface area contributed by atoms with E-state index in [1.54, 1.807) is 0 Å². The fourth-order valence-corrected chi connectivity index (χ4v) is 6.28. The molecule has 0 saturated heterocycles. The van der Waals surface area contributed by atoms with E-state index in [1.807, 2.05) is 0 Å². The van der Waals surface area contributed by atoms with Crippen LogP contribution in [0.15, 0.2) is 36.5 Å². The van der Waals surface area contributed by atoms with Crippen molar-refractivity contribution in [2.45, 2.75) is 187 Å². The van der Waals surface area contributed by atoms with E-state index in [2.05, 4.69) is 50.3 Å². The number of unbranched alkanes of at least 4 members (excludes halogenated alkanes) is 19. The minimum absolute atomic E-state index is 0.0100. The van der Waals surface area contributed by atoms with E-state index in [0.29, 0.717) is 13.0 Å². The Hall–Kier alpha value is -1.81. The maximum atomic E-state index is 12.6. The molecule has 0 heterocycles. The van der Waals surface area contributed by atoms with E-state index in [0.717, 1.165) is 57.8 Å². The van der Waals surface area contributed by atoms with E-state index in [4.69, 9.17) is 29.4 Å². The van der Waals surface area contributed by atoms with Gasteiger partial charge < -0.3 is 25.2 Å². The first-order chi connectivity index (χ1) is 25.2. The van der Waals surface area contributed by atoms with Crippen molar-refractivity contribution in [1.29, 1.82) is 0 Å². The van der Waals surface area contributed by atoms with Crippen molar-refractivity contribution < 1.29 is 42.7 Å². The molecule has 0 fully saturated rings. The van der Waals surface area contributed by atoms with Crippen molar-refractivity contribution in [3.05, 3.63) is 36.5 Å². The molecule has 0 aliphatic rings. The van der Waals surface area contributed by atoms with Crippen LogP contribution in [0.5, 0.6) is 0 Å². The SMILES string of the molecule is CC/C=C\C/C=C\C/C=C\CCCCCCCCOCC(COP(=O)(O)OCC(N)C(=O)O)OC(=O)CCCCCCCCCCCCCCCC. The Labute approximate surface area is 317 Å². The zero-order valence-electron chi connectivity index (χ0n) is 32.9. The molecule has 4 N–H and O–H groups in total. The maximum absolute atomic E-state index is 12.6. The topological polar surface area (TPSA) is 155 Å². The summed E-state index contributed by atoms with van der Waals surface area (Å²) in [6, 6.07) is -1.47. The monoisotopic (exact) mass is 758 g/mol. The van der Waals surface area contributed by atoms with Gasteiger partial charge in [0.1, 0.15) is 12.1 Å². The van der Waals surface area contributed by atoms with Crippen LogP contribution in [-0.4, -0.2) is 60.5 Å². The first-order valence-corrected chi connectivity index (χ1v) is 22.0. The Bertz CT molecular complexity index is 972. The Morgan fingerprint density at radius 1 is 0.635 bits per heavy atom. The normalized spacial score (nSPS) is 14.4. The number of ether oxygens (including phenoxy) is 2. The lowest BCUT2D eigenvalue weighted by Gasteiger charge is -2.20. The smallest absolute Gasteiger partial charge is 0.472 e. The van der Waals surface area contributed by atoms with Crippen LogP contribution in [0.3, 0.4) is 0 Å². The molecular weight excluding hydrogens is 681 g/mol. The van der Waals surface area contributed by atoms with Gasteiger partial charge in [-0.05, 0) is 44.9 Å². The van der Waals surface area contributed by atoms with Gasteiger partial charge in [-0.25, -0.2) is 4.57 Å². The van der Waals surface area contributed by atoms with Crippen molar-refractivity contribution >= 4 is 19.8 Å². The summed E-state index contributed by atoms with van der Waals surface area (Å²) < 4.78 is 33.3. The highest BCUT2D eigenvalue weighted by Gasteiger charge is 2.27. The number of allylic oxidation sites excluding steroid dienone is 6. The number of nitrogens with two attached hydrogens (primary N) is 1.